The van der Waals surface area contributed by atoms with Crippen molar-refractivity contribution < 1.29 is 14.3 Å². The fourth-order valence-corrected chi connectivity index (χ4v) is 5.73. The van der Waals surface area contributed by atoms with Gasteiger partial charge in [0.25, 0.3) is 0 Å². The van der Waals surface area contributed by atoms with Gasteiger partial charge in [0.1, 0.15) is 6.61 Å². The number of benzene rings is 2. The number of carbonyl (C=O) groups is 2. The minimum absolute atomic E-state index is 0.0316. The highest BCUT2D eigenvalue weighted by Crippen LogP contribution is 2.40. The molecule has 2 aliphatic rings. The average molecular weight is 448 g/mol. The van der Waals surface area contributed by atoms with E-state index in [4.69, 9.17) is 4.74 Å². The van der Waals surface area contributed by atoms with E-state index in [0.29, 0.717) is 11.8 Å². The highest BCUT2D eigenvalue weighted by atomic mass is 16.6. The lowest BCUT2D eigenvalue weighted by Crippen LogP contribution is -2.55. The molecule has 33 heavy (non-hydrogen) atoms. The second kappa shape index (κ2) is 10.1. The van der Waals surface area contributed by atoms with Crippen LogP contribution >= 0.6 is 0 Å². The number of nitrogens with zero attached hydrogens (tertiary/aromatic N) is 1. The van der Waals surface area contributed by atoms with E-state index < -0.39 is 0 Å². The van der Waals surface area contributed by atoms with Crippen LogP contribution in [0.15, 0.2) is 48.5 Å². The first-order valence-corrected chi connectivity index (χ1v) is 12.5. The molecule has 4 nitrogen and oxygen atoms in total. The van der Waals surface area contributed by atoms with Gasteiger partial charge in [0.2, 0.25) is 0 Å². The normalized spacial score (nSPS) is 22.5. The van der Waals surface area contributed by atoms with Gasteiger partial charge in [0, 0.05) is 23.6 Å². The number of amides is 1. The van der Waals surface area contributed by atoms with Gasteiger partial charge in [-0.25, -0.2) is 4.79 Å². The maximum Gasteiger partial charge on any atom is 0.410 e. The molecule has 2 atom stereocenters. The summed E-state index contributed by atoms with van der Waals surface area (Å²) < 4.78 is 5.69. The van der Waals surface area contributed by atoms with Gasteiger partial charge in [-0.3, -0.25) is 4.79 Å². The second-order valence-electron chi connectivity index (χ2n) is 10.3. The third-order valence-electron chi connectivity index (χ3n) is 7.38. The van der Waals surface area contributed by atoms with Gasteiger partial charge in [-0.2, -0.15) is 0 Å². The SMILES string of the molecule is CC(C)c1cccc(C(C)C)c1C(=O)C1CC2CCCC(C1)N2C(=O)OCc1ccccc1. The van der Waals surface area contributed by atoms with Crippen molar-refractivity contribution in [3.05, 3.63) is 70.8 Å². The zero-order valence-corrected chi connectivity index (χ0v) is 20.4. The third kappa shape index (κ3) is 5.00. The molecule has 0 saturated carbocycles. The van der Waals surface area contributed by atoms with E-state index >= 15 is 0 Å². The number of carbonyl (C=O) groups excluding carboxylic acids is 2. The van der Waals surface area contributed by atoms with Gasteiger partial charge >= 0.3 is 6.09 Å². The fourth-order valence-electron chi connectivity index (χ4n) is 5.73. The van der Waals surface area contributed by atoms with E-state index in [2.05, 4.69) is 45.9 Å². The molecule has 0 N–H and O–H groups in total. The van der Waals surface area contributed by atoms with Crippen LogP contribution in [0, 0.1) is 5.92 Å². The Balaban J connectivity index is 1.52. The summed E-state index contributed by atoms with van der Waals surface area (Å²) in [6.45, 7) is 8.94. The van der Waals surface area contributed by atoms with Crippen LogP contribution in [-0.4, -0.2) is 28.9 Å². The lowest BCUT2D eigenvalue weighted by atomic mass is 9.73. The Kier molecular flexibility index (Phi) is 7.21. The molecule has 2 heterocycles. The van der Waals surface area contributed by atoms with E-state index in [-0.39, 0.29) is 36.5 Å². The molecule has 2 bridgehead atoms. The number of rotatable bonds is 6. The third-order valence-corrected chi connectivity index (χ3v) is 7.38. The summed E-state index contributed by atoms with van der Waals surface area (Å²) >= 11 is 0. The van der Waals surface area contributed by atoms with Gasteiger partial charge in [0.15, 0.2) is 5.78 Å². The minimum Gasteiger partial charge on any atom is -0.445 e. The Morgan fingerprint density at radius 1 is 0.879 bits per heavy atom. The van der Waals surface area contributed by atoms with Crippen molar-refractivity contribution in [2.45, 2.75) is 90.3 Å². The molecule has 2 aliphatic heterocycles. The molecule has 0 aromatic heterocycles. The maximum absolute atomic E-state index is 13.9. The summed E-state index contributed by atoms with van der Waals surface area (Å²) in [6, 6.07) is 16.3. The smallest absolute Gasteiger partial charge is 0.410 e. The Hall–Kier alpha value is -2.62. The van der Waals surface area contributed by atoms with Gasteiger partial charge in [-0.15, -0.1) is 0 Å². The zero-order valence-electron chi connectivity index (χ0n) is 20.4. The first-order valence-electron chi connectivity index (χ1n) is 12.5. The Labute approximate surface area is 198 Å². The maximum atomic E-state index is 13.9. The van der Waals surface area contributed by atoms with Gasteiger partial charge in [0.05, 0.1) is 0 Å². The molecule has 2 fully saturated rings. The van der Waals surface area contributed by atoms with E-state index in [0.717, 1.165) is 54.4 Å². The summed E-state index contributed by atoms with van der Waals surface area (Å²) in [7, 11) is 0. The van der Waals surface area contributed by atoms with E-state index in [9.17, 15) is 9.59 Å². The molecule has 4 heteroatoms. The number of hydrogen-bond donors (Lipinski definition) is 0. The molecule has 2 unspecified atom stereocenters. The molecular formula is C29H37NO3. The molecule has 0 aliphatic carbocycles. The quantitative estimate of drug-likeness (QED) is 0.444. The van der Waals surface area contributed by atoms with Crippen molar-refractivity contribution in [2.24, 2.45) is 5.92 Å². The summed E-state index contributed by atoms with van der Waals surface area (Å²) in [5.41, 5.74) is 4.24. The number of ether oxygens (including phenoxy) is 1. The van der Waals surface area contributed by atoms with Crippen molar-refractivity contribution in [1.82, 2.24) is 4.90 Å². The topological polar surface area (TPSA) is 46.6 Å². The fraction of sp³-hybridized carbons (Fsp3) is 0.517. The predicted molar refractivity (Wildman–Crippen MR) is 132 cm³/mol. The number of Topliss-reactive ketones (excluding diaryl/α,β-unsaturated/α-hetero) is 1. The minimum atomic E-state index is -0.232. The number of ketones is 1. The first kappa shape index (κ1) is 23.5. The van der Waals surface area contributed by atoms with Crippen LogP contribution in [0.3, 0.4) is 0 Å². The van der Waals surface area contributed by atoms with Gasteiger partial charge < -0.3 is 9.64 Å². The van der Waals surface area contributed by atoms with Crippen LogP contribution in [0.5, 0.6) is 0 Å². The van der Waals surface area contributed by atoms with E-state index in [1.807, 2.05) is 35.2 Å². The van der Waals surface area contributed by atoms with Crippen molar-refractivity contribution in [1.29, 1.82) is 0 Å². The molecule has 0 radical (unpaired) electrons. The number of hydrogen-bond acceptors (Lipinski definition) is 3. The highest BCUT2D eigenvalue weighted by Gasteiger charge is 2.44. The van der Waals surface area contributed by atoms with Crippen molar-refractivity contribution in [3.63, 3.8) is 0 Å². The number of fused-ring (bicyclic) bond motifs is 2. The predicted octanol–water partition coefficient (Wildman–Crippen LogP) is 7.09. The van der Waals surface area contributed by atoms with Crippen LogP contribution in [-0.2, 0) is 11.3 Å². The standard InChI is InChI=1S/C29H37NO3/c1-19(2)25-14-9-15-26(20(3)4)27(25)28(31)22-16-23-12-8-13-24(17-22)30(23)29(32)33-18-21-10-6-5-7-11-21/h5-7,9-11,14-15,19-20,22-24H,8,12-13,16-18H2,1-4H3. The molecule has 2 aromatic rings. The molecule has 176 valence electrons. The van der Waals surface area contributed by atoms with Crippen LogP contribution in [0.2, 0.25) is 0 Å². The monoisotopic (exact) mass is 447 g/mol. The molecule has 2 aromatic carbocycles. The largest absolute Gasteiger partial charge is 0.445 e. The molecule has 0 spiro atoms. The Bertz CT molecular complexity index is 941. The zero-order chi connectivity index (χ0) is 23.5. The van der Waals surface area contributed by atoms with E-state index in [1.54, 1.807) is 0 Å². The average Bonchev–Trinajstić information content (AvgIpc) is 2.81. The summed E-state index contributed by atoms with van der Waals surface area (Å²) in [6.07, 6.45) is 4.25. The second-order valence-corrected chi connectivity index (χ2v) is 10.3. The lowest BCUT2D eigenvalue weighted by molar-refractivity contribution is 0.00468. The highest BCUT2D eigenvalue weighted by molar-refractivity contribution is 6.01. The Morgan fingerprint density at radius 3 is 2.00 bits per heavy atom. The van der Waals surface area contributed by atoms with Crippen LogP contribution < -0.4 is 0 Å². The first-order chi connectivity index (χ1) is 15.9. The number of piperidine rings is 2. The summed E-state index contributed by atoms with van der Waals surface area (Å²) in [5, 5.41) is 0. The van der Waals surface area contributed by atoms with Crippen molar-refractivity contribution in [2.75, 3.05) is 0 Å². The molecule has 2 saturated heterocycles. The van der Waals surface area contributed by atoms with Crippen LogP contribution in [0.4, 0.5) is 4.79 Å². The van der Waals surface area contributed by atoms with Crippen LogP contribution in [0.25, 0.3) is 0 Å². The summed E-state index contributed by atoms with van der Waals surface area (Å²) in [5.74, 6) is 0.846. The van der Waals surface area contributed by atoms with Crippen LogP contribution in [0.1, 0.15) is 98.7 Å². The molecule has 1 amide bonds. The van der Waals surface area contributed by atoms with Crippen molar-refractivity contribution >= 4 is 11.9 Å². The van der Waals surface area contributed by atoms with Crippen molar-refractivity contribution in [3.8, 4) is 0 Å². The molecular weight excluding hydrogens is 410 g/mol. The molecule has 4 rings (SSSR count). The summed E-state index contributed by atoms with van der Waals surface area (Å²) in [4.78, 5) is 28.9. The lowest BCUT2D eigenvalue weighted by Gasteiger charge is -2.47. The van der Waals surface area contributed by atoms with E-state index in [1.165, 1.54) is 0 Å². The Morgan fingerprint density at radius 2 is 1.45 bits per heavy atom. The van der Waals surface area contributed by atoms with Gasteiger partial charge in [-0.1, -0.05) is 76.2 Å². The van der Waals surface area contributed by atoms with Gasteiger partial charge in [-0.05, 0) is 60.6 Å².